The van der Waals surface area contributed by atoms with E-state index in [9.17, 15) is 23.3 Å². The van der Waals surface area contributed by atoms with Crippen LogP contribution >= 0.6 is 0 Å². The van der Waals surface area contributed by atoms with Gasteiger partial charge in [-0.05, 0) is 49.3 Å². The molecule has 2 saturated carbocycles. The molecule has 0 aromatic heterocycles. The summed E-state index contributed by atoms with van der Waals surface area (Å²) in [6.07, 6.45) is 4.33. The highest BCUT2D eigenvalue weighted by Crippen LogP contribution is 2.44. The van der Waals surface area contributed by atoms with Crippen LogP contribution in [0.4, 0.5) is 11.4 Å². The molecule has 3 atom stereocenters. The number of hydrogen-bond donors (Lipinski definition) is 1. The summed E-state index contributed by atoms with van der Waals surface area (Å²) in [6.45, 7) is -0.438. The van der Waals surface area contributed by atoms with Crippen LogP contribution in [0.3, 0.4) is 0 Å². The van der Waals surface area contributed by atoms with Gasteiger partial charge in [0.15, 0.2) is 4.90 Å². The van der Waals surface area contributed by atoms with Gasteiger partial charge in [-0.1, -0.05) is 36.8 Å². The summed E-state index contributed by atoms with van der Waals surface area (Å²) in [5.74, 6) is 0.690. The van der Waals surface area contributed by atoms with E-state index in [0.717, 1.165) is 29.6 Å². The van der Waals surface area contributed by atoms with Crippen molar-refractivity contribution in [2.75, 3.05) is 10.8 Å². The minimum Gasteiger partial charge on any atom is -0.352 e. The Bertz CT molecular complexity index is 1060. The van der Waals surface area contributed by atoms with E-state index in [1.54, 1.807) is 30.3 Å². The van der Waals surface area contributed by atoms with Crippen molar-refractivity contribution < 1.29 is 18.1 Å². The van der Waals surface area contributed by atoms with Gasteiger partial charge in [-0.15, -0.1) is 0 Å². The van der Waals surface area contributed by atoms with Crippen LogP contribution in [0, 0.1) is 22.0 Å². The van der Waals surface area contributed by atoms with Crippen molar-refractivity contribution in [1.82, 2.24) is 5.32 Å². The van der Waals surface area contributed by atoms with Crippen LogP contribution < -0.4 is 9.62 Å². The zero-order chi connectivity index (χ0) is 21.3. The number of nitrogens with zero attached hydrogens (tertiary/aromatic N) is 2. The lowest BCUT2D eigenvalue weighted by Gasteiger charge is -2.27. The molecule has 2 aromatic carbocycles. The van der Waals surface area contributed by atoms with Gasteiger partial charge in [0, 0.05) is 12.1 Å². The maximum absolute atomic E-state index is 13.4. The number of amides is 1. The van der Waals surface area contributed by atoms with Crippen molar-refractivity contribution in [2.45, 2.75) is 36.6 Å². The van der Waals surface area contributed by atoms with Crippen LogP contribution in [0.1, 0.15) is 25.7 Å². The fourth-order valence-corrected chi connectivity index (χ4v) is 6.24. The smallest absolute Gasteiger partial charge is 0.289 e. The van der Waals surface area contributed by atoms with E-state index in [1.165, 1.54) is 24.6 Å². The number of benzene rings is 2. The third-order valence-corrected chi connectivity index (χ3v) is 7.87. The maximum atomic E-state index is 13.4. The monoisotopic (exact) mass is 429 g/mol. The number of sulfonamides is 1. The minimum atomic E-state index is -4.34. The van der Waals surface area contributed by atoms with Crippen molar-refractivity contribution in [2.24, 2.45) is 11.8 Å². The highest BCUT2D eigenvalue weighted by Gasteiger charge is 2.41. The number of para-hydroxylation sites is 2. The van der Waals surface area contributed by atoms with Gasteiger partial charge in [0.2, 0.25) is 5.91 Å². The average molecular weight is 429 g/mol. The molecular weight excluding hydrogens is 406 g/mol. The molecule has 1 amide bonds. The van der Waals surface area contributed by atoms with Gasteiger partial charge in [0.25, 0.3) is 15.7 Å². The molecule has 3 unspecified atom stereocenters. The molecule has 0 radical (unpaired) electrons. The first-order valence-electron chi connectivity index (χ1n) is 9.97. The Morgan fingerprint density at radius 2 is 1.77 bits per heavy atom. The number of carbonyl (C=O) groups is 1. The lowest BCUT2D eigenvalue weighted by molar-refractivity contribution is -0.387. The first kappa shape index (κ1) is 20.3. The van der Waals surface area contributed by atoms with Crippen molar-refractivity contribution in [3.05, 3.63) is 64.7 Å². The second-order valence-electron chi connectivity index (χ2n) is 7.92. The molecule has 0 heterocycles. The quantitative estimate of drug-likeness (QED) is 0.537. The molecule has 2 aromatic rings. The average Bonchev–Trinajstić information content (AvgIpc) is 3.35. The van der Waals surface area contributed by atoms with Gasteiger partial charge >= 0.3 is 0 Å². The predicted octanol–water partition coefficient (Wildman–Crippen LogP) is 3.09. The zero-order valence-electron chi connectivity index (χ0n) is 16.3. The molecule has 0 aliphatic heterocycles. The first-order valence-corrected chi connectivity index (χ1v) is 11.4. The fourth-order valence-electron chi connectivity index (χ4n) is 4.66. The van der Waals surface area contributed by atoms with Crippen molar-refractivity contribution in [3.63, 3.8) is 0 Å². The second kappa shape index (κ2) is 8.06. The molecule has 0 spiro atoms. The van der Waals surface area contributed by atoms with Gasteiger partial charge in [0.1, 0.15) is 6.54 Å². The number of anilines is 1. The Morgan fingerprint density at radius 3 is 2.40 bits per heavy atom. The third kappa shape index (κ3) is 3.89. The van der Waals surface area contributed by atoms with Gasteiger partial charge in [-0.25, -0.2) is 8.42 Å². The van der Waals surface area contributed by atoms with E-state index in [1.807, 2.05) is 0 Å². The molecule has 2 bridgehead atoms. The zero-order valence-corrected chi connectivity index (χ0v) is 17.1. The number of nitro benzene ring substituents is 1. The first-order chi connectivity index (χ1) is 14.4. The highest BCUT2D eigenvalue weighted by atomic mass is 32.2. The van der Waals surface area contributed by atoms with Gasteiger partial charge in [0.05, 0.1) is 10.6 Å². The molecule has 158 valence electrons. The SMILES string of the molecule is O=C(CN(c1ccccc1)S(=O)(=O)c1ccccc1[N+](=O)[O-])NC1CC2CCC1C2. The Balaban J connectivity index is 1.63. The van der Waals surface area contributed by atoms with E-state index in [-0.39, 0.29) is 11.7 Å². The summed E-state index contributed by atoms with van der Waals surface area (Å²) in [5, 5.41) is 14.4. The van der Waals surface area contributed by atoms with Crippen LogP contribution in [0.5, 0.6) is 0 Å². The van der Waals surface area contributed by atoms with Crippen LogP contribution in [0.2, 0.25) is 0 Å². The minimum absolute atomic E-state index is 0.0719. The van der Waals surface area contributed by atoms with Crippen LogP contribution in [-0.4, -0.2) is 31.8 Å². The molecule has 1 N–H and O–H groups in total. The third-order valence-electron chi connectivity index (χ3n) is 6.05. The molecule has 2 fully saturated rings. The molecule has 2 aliphatic rings. The van der Waals surface area contributed by atoms with Gasteiger partial charge in [-0.3, -0.25) is 19.2 Å². The summed E-state index contributed by atoms with van der Waals surface area (Å²) in [5.41, 5.74) is -0.245. The fraction of sp³-hybridized carbons (Fsp3) is 0.381. The van der Waals surface area contributed by atoms with Crippen molar-refractivity contribution in [1.29, 1.82) is 0 Å². The van der Waals surface area contributed by atoms with E-state index < -0.39 is 38.0 Å². The largest absolute Gasteiger partial charge is 0.352 e. The topological polar surface area (TPSA) is 110 Å². The molecular formula is C21H23N3O5S. The van der Waals surface area contributed by atoms with Crippen molar-refractivity contribution >= 4 is 27.3 Å². The van der Waals surface area contributed by atoms with E-state index in [2.05, 4.69) is 5.32 Å². The number of fused-ring (bicyclic) bond motifs is 2. The summed E-state index contributed by atoms with van der Waals surface area (Å²) < 4.78 is 27.7. The van der Waals surface area contributed by atoms with Gasteiger partial charge < -0.3 is 5.32 Å². The molecule has 0 saturated heterocycles. The molecule has 8 nitrogen and oxygen atoms in total. The number of nitrogens with one attached hydrogen (secondary N) is 1. The second-order valence-corrected chi connectivity index (χ2v) is 9.75. The van der Waals surface area contributed by atoms with E-state index >= 15 is 0 Å². The van der Waals surface area contributed by atoms with Gasteiger partial charge in [-0.2, -0.15) is 0 Å². The van der Waals surface area contributed by atoms with Crippen LogP contribution in [0.25, 0.3) is 0 Å². The summed E-state index contributed by atoms with van der Waals surface area (Å²) in [4.78, 5) is 23.0. The normalized spacial score (nSPS) is 22.6. The number of carbonyl (C=O) groups excluding carboxylic acids is 1. The number of rotatable bonds is 7. The summed E-state index contributed by atoms with van der Waals surface area (Å²) >= 11 is 0. The highest BCUT2D eigenvalue weighted by molar-refractivity contribution is 7.93. The number of nitro groups is 1. The molecule has 2 aliphatic carbocycles. The predicted molar refractivity (Wildman–Crippen MR) is 111 cm³/mol. The van der Waals surface area contributed by atoms with Crippen molar-refractivity contribution in [3.8, 4) is 0 Å². The Hall–Kier alpha value is -2.94. The Kier molecular flexibility index (Phi) is 5.46. The summed E-state index contributed by atoms with van der Waals surface area (Å²) in [6, 6.07) is 13.4. The van der Waals surface area contributed by atoms with E-state index in [0.29, 0.717) is 11.8 Å². The van der Waals surface area contributed by atoms with Crippen LogP contribution in [-0.2, 0) is 14.8 Å². The maximum Gasteiger partial charge on any atom is 0.289 e. The lowest BCUT2D eigenvalue weighted by Crippen LogP contribution is -2.46. The Morgan fingerprint density at radius 1 is 1.07 bits per heavy atom. The standard InChI is InChI=1S/C21H23N3O5S/c25-21(22-18-13-15-10-11-16(18)12-15)14-23(17-6-2-1-3-7-17)30(28,29)20-9-5-4-8-19(20)24(26)27/h1-9,15-16,18H,10-14H2,(H,22,25). The van der Waals surface area contributed by atoms with E-state index in [4.69, 9.17) is 0 Å². The Labute approximate surface area is 175 Å². The molecule has 30 heavy (non-hydrogen) atoms. The number of hydrogen-bond acceptors (Lipinski definition) is 5. The molecule has 9 heteroatoms. The van der Waals surface area contributed by atoms with Crippen LogP contribution in [0.15, 0.2) is 59.5 Å². The lowest BCUT2D eigenvalue weighted by atomic mass is 9.95. The summed E-state index contributed by atoms with van der Waals surface area (Å²) in [7, 11) is -4.34. The molecule has 4 rings (SSSR count).